The first-order valence-electron chi connectivity index (χ1n) is 6.03. The standard InChI is InChI=1S/C12H18FN5/c1-16-5-2-6-17(8-7-16)12(15)18-9-10(13)3-4-11(18)14/h3-4,9,14-15H,2,5-8H2,1H3. The van der Waals surface area contributed by atoms with E-state index in [2.05, 4.69) is 11.9 Å². The van der Waals surface area contributed by atoms with E-state index in [0.29, 0.717) is 0 Å². The molecule has 0 bridgehead atoms. The van der Waals surface area contributed by atoms with Crippen LogP contribution in [0.15, 0.2) is 18.3 Å². The van der Waals surface area contributed by atoms with Crippen molar-refractivity contribution in [2.75, 3.05) is 33.2 Å². The van der Waals surface area contributed by atoms with Crippen LogP contribution in [-0.4, -0.2) is 53.6 Å². The lowest BCUT2D eigenvalue weighted by Crippen LogP contribution is -2.42. The third kappa shape index (κ3) is 2.76. The number of likely N-dealkylation sites (N-methyl/N-ethyl adjacent to an activating group) is 1. The number of pyridine rings is 1. The summed E-state index contributed by atoms with van der Waals surface area (Å²) in [6.07, 6.45) is 2.17. The first-order chi connectivity index (χ1) is 8.58. The van der Waals surface area contributed by atoms with Crippen LogP contribution in [0.25, 0.3) is 0 Å². The normalized spacial score (nSPS) is 17.6. The quantitative estimate of drug-likeness (QED) is 0.522. The van der Waals surface area contributed by atoms with Crippen LogP contribution >= 0.6 is 0 Å². The molecule has 1 saturated heterocycles. The van der Waals surface area contributed by atoms with E-state index in [0.717, 1.165) is 32.6 Å². The number of hydrogen-bond acceptors (Lipinski definition) is 3. The van der Waals surface area contributed by atoms with Gasteiger partial charge in [0.1, 0.15) is 11.3 Å². The zero-order chi connectivity index (χ0) is 13.1. The van der Waals surface area contributed by atoms with Crippen molar-refractivity contribution in [3.63, 3.8) is 0 Å². The second-order valence-electron chi connectivity index (χ2n) is 4.57. The Bertz CT molecular complexity index is 495. The predicted octanol–water partition coefficient (Wildman–Crippen LogP) is 0.527. The number of rotatable bonds is 0. The summed E-state index contributed by atoms with van der Waals surface area (Å²) in [4.78, 5) is 4.10. The first kappa shape index (κ1) is 12.8. The Labute approximate surface area is 105 Å². The van der Waals surface area contributed by atoms with Crippen molar-refractivity contribution >= 4 is 5.96 Å². The largest absolute Gasteiger partial charge is 0.341 e. The average molecular weight is 251 g/mol. The molecule has 6 heteroatoms. The van der Waals surface area contributed by atoms with Gasteiger partial charge < -0.3 is 9.80 Å². The summed E-state index contributed by atoms with van der Waals surface area (Å²) in [7, 11) is 2.05. The molecule has 1 fully saturated rings. The second-order valence-corrected chi connectivity index (χ2v) is 4.57. The summed E-state index contributed by atoms with van der Waals surface area (Å²) in [6, 6.07) is 2.61. The third-order valence-corrected chi connectivity index (χ3v) is 3.16. The van der Waals surface area contributed by atoms with E-state index < -0.39 is 5.82 Å². The molecule has 0 aromatic carbocycles. The van der Waals surface area contributed by atoms with Gasteiger partial charge in [0.15, 0.2) is 0 Å². The molecule has 1 aliphatic heterocycles. The van der Waals surface area contributed by atoms with E-state index >= 15 is 0 Å². The summed E-state index contributed by atoms with van der Waals surface area (Å²) in [5, 5.41) is 15.8. The maximum absolute atomic E-state index is 13.2. The Kier molecular flexibility index (Phi) is 3.76. The molecule has 1 aromatic rings. The van der Waals surface area contributed by atoms with Crippen LogP contribution in [0, 0.1) is 16.6 Å². The number of nitrogens with one attached hydrogen (secondary N) is 2. The summed E-state index contributed by atoms with van der Waals surface area (Å²) >= 11 is 0. The van der Waals surface area contributed by atoms with Gasteiger partial charge in [0, 0.05) is 25.8 Å². The molecule has 1 aromatic heterocycles. The fourth-order valence-corrected chi connectivity index (χ4v) is 2.06. The Morgan fingerprint density at radius 2 is 2.00 bits per heavy atom. The van der Waals surface area contributed by atoms with Crippen LogP contribution in [0.2, 0.25) is 0 Å². The van der Waals surface area contributed by atoms with Gasteiger partial charge >= 0.3 is 0 Å². The molecule has 0 spiro atoms. The third-order valence-electron chi connectivity index (χ3n) is 3.16. The van der Waals surface area contributed by atoms with Gasteiger partial charge in [-0.25, -0.2) is 4.39 Å². The Morgan fingerprint density at radius 1 is 1.22 bits per heavy atom. The van der Waals surface area contributed by atoms with E-state index in [1.54, 1.807) is 0 Å². The zero-order valence-electron chi connectivity index (χ0n) is 10.5. The fraction of sp³-hybridized carbons (Fsp3) is 0.500. The van der Waals surface area contributed by atoms with Gasteiger partial charge in [0.05, 0.1) is 0 Å². The maximum atomic E-state index is 13.2. The maximum Gasteiger partial charge on any atom is 0.203 e. The Balaban J connectivity index is 2.20. The highest BCUT2D eigenvalue weighted by Gasteiger charge is 2.16. The first-order valence-corrected chi connectivity index (χ1v) is 6.03. The lowest BCUT2D eigenvalue weighted by molar-refractivity contribution is 0.343. The molecule has 1 aliphatic rings. The second kappa shape index (κ2) is 5.30. The summed E-state index contributed by atoms with van der Waals surface area (Å²) in [5.41, 5.74) is 0.124. The van der Waals surface area contributed by atoms with Gasteiger partial charge in [0.25, 0.3) is 0 Å². The van der Waals surface area contributed by atoms with Crippen LogP contribution < -0.4 is 5.49 Å². The molecular formula is C12H18FN5. The lowest BCUT2D eigenvalue weighted by Gasteiger charge is -2.24. The number of aromatic nitrogens is 1. The van der Waals surface area contributed by atoms with E-state index in [-0.39, 0.29) is 11.4 Å². The van der Waals surface area contributed by atoms with Crippen LogP contribution in [0.1, 0.15) is 6.42 Å². The molecule has 0 atom stereocenters. The highest BCUT2D eigenvalue weighted by Crippen LogP contribution is 2.03. The molecule has 2 N–H and O–H groups in total. The number of hydrogen-bond donors (Lipinski definition) is 2. The molecule has 0 saturated carbocycles. The van der Waals surface area contributed by atoms with Gasteiger partial charge in [-0.15, -0.1) is 0 Å². The van der Waals surface area contributed by atoms with Gasteiger partial charge in [-0.3, -0.25) is 15.4 Å². The minimum Gasteiger partial charge on any atom is -0.341 e. The van der Waals surface area contributed by atoms with Gasteiger partial charge in [-0.2, -0.15) is 0 Å². The SMILES string of the molecule is CN1CCCN(C(=N)n2cc(F)ccc2=N)CC1. The molecule has 2 heterocycles. The topological polar surface area (TPSA) is 59.1 Å². The Hall–Kier alpha value is -1.69. The minimum atomic E-state index is -0.428. The molecule has 5 nitrogen and oxygen atoms in total. The van der Waals surface area contributed by atoms with Crippen molar-refractivity contribution in [2.24, 2.45) is 0 Å². The minimum absolute atomic E-state index is 0.124. The molecule has 98 valence electrons. The Morgan fingerprint density at radius 3 is 2.78 bits per heavy atom. The molecule has 0 aliphatic carbocycles. The molecule has 2 rings (SSSR count). The predicted molar refractivity (Wildman–Crippen MR) is 67.1 cm³/mol. The van der Waals surface area contributed by atoms with Crippen LogP contribution in [0.4, 0.5) is 4.39 Å². The number of halogens is 1. The van der Waals surface area contributed by atoms with Crippen molar-refractivity contribution in [3.05, 3.63) is 29.6 Å². The van der Waals surface area contributed by atoms with Gasteiger partial charge in [-0.05, 0) is 32.1 Å². The van der Waals surface area contributed by atoms with Crippen molar-refractivity contribution in [1.29, 1.82) is 10.8 Å². The van der Waals surface area contributed by atoms with E-state index in [1.165, 1.54) is 22.9 Å². The fourth-order valence-electron chi connectivity index (χ4n) is 2.06. The monoisotopic (exact) mass is 251 g/mol. The molecular weight excluding hydrogens is 233 g/mol. The van der Waals surface area contributed by atoms with E-state index in [1.807, 2.05) is 4.90 Å². The van der Waals surface area contributed by atoms with Crippen molar-refractivity contribution in [1.82, 2.24) is 14.4 Å². The van der Waals surface area contributed by atoms with Crippen LogP contribution in [-0.2, 0) is 0 Å². The lowest BCUT2D eigenvalue weighted by atomic mass is 10.4. The van der Waals surface area contributed by atoms with E-state index in [4.69, 9.17) is 10.8 Å². The summed E-state index contributed by atoms with van der Waals surface area (Å²) in [5.74, 6) is -0.252. The zero-order valence-corrected chi connectivity index (χ0v) is 10.5. The van der Waals surface area contributed by atoms with Crippen LogP contribution in [0.3, 0.4) is 0 Å². The molecule has 0 amide bonds. The highest BCUT2D eigenvalue weighted by atomic mass is 19.1. The molecule has 0 radical (unpaired) electrons. The van der Waals surface area contributed by atoms with Crippen molar-refractivity contribution in [3.8, 4) is 0 Å². The van der Waals surface area contributed by atoms with Gasteiger partial charge in [0.2, 0.25) is 5.96 Å². The number of nitrogens with zero attached hydrogens (tertiary/aromatic N) is 3. The average Bonchev–Trinajstić information content (AvgIpc) is 2.56. The van der Waals surface area contributed by atoms with E-state index in [9.17, 15) is 4.39 Å². The van der Waals surface area contributed by atoms with Gasteiger partial charge in [-0.1, -0.05) is 0 Å². The summed E-state index contributed by atoms with van der Waals surface area (Å²) in [6.45, 7) is 3.39. The summed E-state index contributed by atoms with van der Waals surface area (Å²) < 4.78 is 14.5. The van der Waals surface area contributed by atoms with Crippen molar-refractivity contribution < 1.29 is 4.39 Å². The molecule has 0 unspecified atom stereocenters. The van der Waals surface area contributed by atoms with Crippen LogP contribution in [0.5, 0.6) is 0 Å². The smallest absolute Gasteiger partial charge is 0.203 e. The molecule has 18 heavy (non-hydrogen) atoms. The highest BCUT2D eigenvalue weighted by molar-refractivity contribution is 5.79. The van der Waals surface area contributed by atoms with Crippen molar-refractivity contribution in [2.45, 2.75) is 6.42 Å².